The number of hydrogen-bond donors (Lipinski definition) is 0. The topological polar surface area (TPSA) is 49.9 Å². The summed E-state index contributed by atoms with van der Waals surface area (Å²) < 4.78 is 5.68. The summed E-state index contributed by atoms with van der Waals surface area (Å²) in [5.41, 5.74) is 0. The van der Waals surface area contributed by atoms with Gasteiger partial charge in [0.25, 0.3) is 0 Å². The van der Waals surface area contributed by atoms with Crippen LogP contribution in [0.25, 0.3) is 0 Å². The SMILES string of the molecule is CN1C[C@H]2CN(C(=O)CC3CC3)CC[C@@H]2OCC1=O. The maximum atomic E-state index is 12.2. The van der Waals surface area contributed by atoms with Crippen LogP contribution in [0.2, 0.25) is 0 Å². The minimum atomic E-state index is 0.0465. The molecule has 3 rings (SSSR count). The van der Waals surface area contributed by atoms with Crippen LogP contribution < -0.4 is 0 Å². The van der Waals surface area contributed by atoms with Crippen LogP contribution >= 0.6 is 0 Å². The molecule has 2 amide bonds. The summed E-state index contributed by atoms with van der Waals surface area (Å²) in [5.74, 6) is 1.25. The third kappa shape index (κ3) is 2.91. The number of piperidine rings is 1. The number of likely N-dealkylation sites (tertiary alicyclic amines) is 1. The molecular weight excluding hydrogens is 244 g/mol. The molecular formula is C14H22N2O3. The summed E-state index contributed by atoms with van der Waals surface area (Å²) in [6.45, 7) is 2.42. The maximum absolute atomic E-state index is 12.2. The first kappa shape index (κ1) is 12.9. The molecule has 3 aliphatic rings. The minimum absolute atomic E-state index is 0.0465. The lowest BCUT2D eigenvalue weighted by Crippen LogP contribution is -2.48. The van der Waals surface area contributed by atoms with Gasteiger partial charge >= 0.3 is 0 Å². The van der Waals surface area contributed by atoms with Crippen LogP contribution in [0.3, 0.4) is 0 Å². The molecule has 19 heavy (non-hydrogen) atoms. The maximum Gasteiger partial charge on any atom is 0.248 e. The Morgan fingerprint density at radius 1 is 1.32 bits per heavy atom. The first-order valence-electron chi connectivity index (χ1n) is 7.27. The smallest absolute Gasteiger partial charge is 0.248 e. The number of likely N-dealkylation sites (N-methyl/N-ethyl adjacent to an activating group) is 1. The van der Waals surface area contributed by atoms with Crippen LogP contribution in [-0.4, -0.2) is 61.0 Å². The van der Waals surface area contributed by atoms with Crippen molar-refractivity contribution in [2.24, 2.45) is 11.8 Å². The van der Waals surface area contributed by atoms with Crippen LogP contribution in [0.5, 0.6) is 0 Å². The van der Waals surface area contributed by atoms with Crippen LogP contribution in [0.1, 0.15) is 25.7 Å². The first-order chi connectivity index (χ1) is 9.13. The van der Waals surface area contributed by atoms with Crippen molar-refractivity contribution in [3.63, 3.8) is 0 Å². The second kappa shape index (κ2) is 5.12. The van der Waals surface area contributed by atoms with Crippen LogP contribution in [0.15, 0.2) is 0 Å². The van der Waals surface area contributed by atoms with Crippen molar-refractivity contribution in [3.8, 4) is 0 Å². The number of ether oxygens (including phenoxy) is 1. The van der Waals surface area contributed by atoms with Crippen molar-refractivity contribution >= 4 is 11.8 Å². The van der Waals surface area contributed by atoms with Gasteiger partial charge in [-0.05, 0) is 25.2 Å². The van der Waals surface area contributed by atoms with Crippen molar-refractivity contribution in [2.75, 3.05) is 33.3 Å². The van der Waals surface area contributed by atoms with E-state index in [0.717, 1.165) is 19.5 Å². The monoisotopic (exact) mass is 266 g/mol. The van der Waals surface area contributed by atoms with Gasteiger partial charge < -0.3 is 14.5 Å². The number of carbonyl (C=O) groups excluding carboxylic acids is 2. The Bertz CT molecular complexity index is 381. The summed E-state index contributed by atoms with van der Waals surface area (Å²) in [5, 5.41) is 0. The Balaban J connectivity index is 1.60. The molecule has 0 aromatic rings. The second-order valence-corrected chi connectivity index (χ2v) is 6.16. The van der Waals surface area contributed by atoms with Gasteiger partial charge in [-0.25, -0.2) is 0 Å². The van der Waals surface area contributed by atoms with Gasteiger partial charge in [-0.1, -0.05) is 0 Å². The summed E-state index contributed by atoms with van der Waals surface area (Å²) in [4.78, 5) is 27.5. The largest absolute Gasteiger partial charge is 0.368 e. The normalized spacial score (nSPS) is 31.9. The molecule has 3 fully saturated rings. The van der Waals surface area contributed by atoms with Crippen LogP contribution in [0.4, 0.5) is 0 Å². The highest BCUT2D eigenvalue weighted by molar-refractivity contribution is 5.78. The lowest BCUT2D eigenvalue weighted by molar-refractivity contribution is -0.137. The molecule has 2 aliphatic heterocycles. The van der Waals surface area contributed by atoms with E-state index in [4.69, 9.17) is 4.74 Å². The van der Waals surface area contributed by atoms with E-state index < -0.39 is 0 Å². The molecule has 1 aliphatic carbocycles. The number of hydrogen-bond acceptors (Lipinski definition) is 3. The highest BCUT2D eigenvalue weighted by atomic mass is 16.5. The fourth-order valence-corrected chi connectivity index (χ4v) is 3.07. The molecule has 0 N–H and O–H groups in total. The van der Waals surface area contributed by atoms with Crippen molar-refractivity contribution in [2.45, 2.75) is 31.8 Å². The fourth-order valence-electron chi connectivity index (χ4n) is 3.07. The fraction of sp³-hybridized carbons (Fsp3) is 0.857. The summed E-state index contributed by atoms with van der Waals surface area (Å²) in [6.07, 6.45) is 4.14. The van der Waals surface area contributed by atoms with Crippen LogP contribution in [-0.2, 0) is 14.3 Å². The lowest BCUT2D eigenvalue weighted by atomic mass is 9.94. The zero-order valence-corrected chi connectivity index (χ0v) is 11.5. The van der Waals surface area contributed by atoms with E-state index in [0.29, 0.717) is 24.8 Å². The van der Waals surface area contributed by atoms with E-state index in [1.54, 1.807) is 4.90 Å². The number of amides is 2. The average molecular weight is 266 g/mol. The highest BCUT2D eigenvalue weighted by Gasteiger charge is 2.37. The van der Waals surface area contributed by atoms with Gasteiger partial charge in [-0.15, -0.1) is 0 Å². The summed E-state index contributed by atoms with van der Waals surface area (Å²) in [7, 11) is 1.82. The Morgan fingerprint density at radius 3 is 2.84 bits per heavy atom. The van der Waals surface area contributed by atoms with Gasteiger partial charge in [-0.3, -0.25) is 9.59 Å². The van der Waals surface area contributed by atoms with E-state index in [9.17, 15) is 9.59 Å². The minimum Gasteiger partial charge on any atom is -0.368 e. The van der Waals surface area contributed by atoms with Gasteiger partial charge in [0.15, 0.2) is 0 Å². The predicted molar refractivity (Wildman–Crippen MR) is 69.4 cm³/mol. The number of nitrogens with zero attached hydrogens (tertiary/aromatic N) is 2. The molecule has 0 bridgehead atoms. The van der Waals surface area contributed by atoms with E-state index in [2.05, 4.69) is 0 Å². The van der Waals surface area contributed by atoms with Crippen molar-refractivity contribution in [1.29, 1.82) is 0 Å². The molecule has 2 atom stereocenters. The molecule has 5 heteroatoms. The number of carbonyl (C=O) groups is 2. The molecule has 0 spiro atoms. The van der Waals surface area contributed by atoms with Gasteiger partial charge in [0.2, 0.25) is 11.8 Å². The molecule has 0 unspecified atom stereocenters. The molecule has 0 aromatic carbocycles. The summed E-state index contributed by atoms with van der Waals surface area (Å²) >= 11 is 0. The van der Waals surface area contributed by atoms with Crippen LogP contribution in [0, 0.1) is 11.8 Å². The quantitative estimate of drug-likeness (QED) is 0.731. The third-order valence-corrected chi connectivity index (χ3v) is 4.53. The van der Waals surface area contributed by atoms with E-state index in [1.165, 1.54) is 12.8 Å². The molecule has 1 saturated carbocycles. The zero-order valence-electron chi connectivity index (χ0n) is 11.5. The third-order valence-electron chi connectivity index (χ3n) is 4.53. The van der Waals surface area contributed by atoms with E-state index in [-0.39, 0.29) is 24.5 Å². The van der Waals surface area contributed by atoms with E-state index >= 15 is 0 Å². The number of rotatable bonds is 2. The molecule has 2 saturated heterocycles. The zero-order chi connectivity index (χ0) is 13.4. The molecule has 0 radical (unpaired) electrons. The molecule has 2 heterocycles. The van der Waals surface area contributed by atoms with Crippen molar-refractivity contribution in [1.82, 2.24) is 9.80 Å². The Kier molecular flexibility index (Phi) is 3.48. The number of fused-ring (bicyclic) bond motifs is 1. The summed E-state index contributed by atoms with van der Waals surface area (Å²) in [6, 6.07) is 0. The lowest BCUT2D eigenvalue weighted by Gasteiger charge is -2.37. The molecule has 0 aromatic heterocycles. The van der Waals surface area contributed by atoms with Crippen molar-refractivity contribution < 1.29 is 14.3 Å². The predicted octanol–water partition coefficient (Wildman–Crippen LogP) is 0.492. The van der Waals surface area contributed by atoms with Gasteiger partial charge in [-0.2, -0.15) is 0 Å². The van der Waals surface area contributed by atoms with E-state index in [1.807, 2.05) is 11.9 Å². The van der Waals surface area contributed by atoms with Gasteiger partial charge in [0.1, 0.15) is 6.61 Å². The van der Waals surface area contributed by atoms with Gasteiger partial charge in [0, 0.05) is 39.0 Å². The molecule has 106 valence electrons. The Labute approximate surface area is 113 Å². The Hall–Kier alpha value is -1.10. The highest BCUT2D eigenvalue weighted by Crippen LogP contribution is 2.33. The first-order valence-corrected chi connectivity index (χ1v) is 7.27. The average Bonchev–Trinajstić information content (AvgIpc) is 3.20. The van der Waals surface area contributed by atoms with Crippen molar-refractivity contribution in [3.05, 3.63) is 0 Å². The Morgan fingerprint density at radius 2 is 2.11 bits per heavy atom. The second-order valence-electron chi connectivity index (χ2n) is 6.16. The molecule has 5 nitrogen and oxygen atoms in total. The standard InChI is InChI=1S/C14H22N2O3/c1-15-7-11-8-16(13(17)6-10-2-3-10)5-4-12(11)19-9-14(15)18/h10-12H,2-9H2,1H3/t11-,12-/m0/s1. The van der Waals surface area contributed by atoms with Gasteiger partial charge in [0.05, 0.1) is 6.10 Å².